The zero-order valence-corrected chi connectivity index (χ0v) is 23.5. The second kappa shape index (κ2) is 10.5. The van der Waals surface area contributed by atoms with Crippen LogP contribution in [0.5, 0.6) is 5.88 Å². The quantitative estimate of drug-likeness (QED) is 0.501. The normalized spacial score (nSPS) is 19.3. The van der Waals surface area contributed by atoms with Crippen LogP contribution in [0.25, 0.3) is 0 Å². The van der Waals surface area contributed by atoms with Gasteiger partial charge in [0.15, 0.2) is 0 Å². The molecule has 3 amide bonds. The molecule has 10 nitrogen and oxygen atoms in total. The second-order valence-electron chi connectivity index (χ2n) is 9.73. The van der Waals surface area contributed by atoms with Crippen LogP contribution in [0.4, 0.5) is 0 Å². The van der Waals surface area contributed by atoms with Crippen molar-refractivity contribution in [1.29, 1.82) is 0 Å². The molecule has 1 N–H and O–H groups in total. The number of carbonyl (C=O) groups is 3. The maximum Gasteiger partial charge on any atom is 0.273 e. The highest BCUT2D eigenvalue weighted by molar-refractivity contribution is 6.42. The van der Waals surface area contributed by atoms with Crippen LogP contribution >= 0.6 is 23.2 Å². The van der Waals surface area contributed by atoms with E-state index >= 15 is 0 Å². The number of carbonyl (C=O) groups excluding carboxylic acids is 3. The molecule has 3 atom stereocenters. The van der Waals surface area contributed by atoms with Gasteiger partial charge in [-0.05, 0) is 37.6 Å². The Morgan fingerprint density at radius 2 is 1.95 bits per heavy atom. The summed E-state index contributed by atoms with van der Waals surface area (Å²) in [7, 11) is 3.09. The summed E-state index contributed by atoms with van der Waals surface area (Å²) >= 11 is 12.2. The minimum absolute atomic E-state index is 0.140. The highest BCUT2D eigenvalue weighted by Gasteiger charge is 2.43. The molecule has 12 heteroatoms. The van der Waals surface area contributed by atoms with Gasteiger partial charge in [-0.3, -0.25) is 14.4 Å². The van der Waals surface area contributed by atoms with Gasteiger partial charge in [0, 0.05) is 42.9 Å². The number of likely N-dealkylation sites (N-methyl/N-ethyl adjacent to an activating group) is 1. The lowest BCUT2D eigenvalue weighted by Gasteiger charge is -2.37. The number of halogens is 2. The summed E-state index contributed by atoms with van der Waals surface area (Å²) in [5.41, 5.74) is 2.87. The number of rotatable bonds is 5. The smallest absolute Gasteiger partial charge is 0.273 e. The summed E-state index contributed by atoms with van der Waals surface area (Å²) in [6, 6.07) is 7.05. The third-order valence-corrected chi connectivity index (χ3v) is 8.20. The first-order chi connectivity index (χ1) is 18.6. The first-order valence-electron chi connectivity index (χ1n) is 12.5. The van der Waals surface area contributed by atoms with Crippen molar-refractivity contribution >= 4 is 40.9 Å². The van der Waals surface area contributed by atoms with Gasteiger partial charge in [0.2, 0.25) is 11.8 Å². The number of nitrogens with zero attached hydrogens (tertiary/aromatic N) is 5. The summed E-state index contributed by atoms with van der Waals surface area (Å²) in [6.45, 7) is 4.13. The Morgan fingerprint density at radius 3 is 2.59 bits per heavy atom. The van der Waals surface area contributed by atoms with E-state index in [2.05, 4.69) is 10.3 Å². The number of hydrogen-bond acceptors (Lipinski definition) is 6. The number of nitrogens with one attached hydrogen (secondary N) is 1. The van der Waals surface area contributed by atoms with Gasteiger partial charge in [-0.1, -0.05) is 29.3 Å². The van der Waals surface area contributed by atoms with Gasteiger partial charge in [-0.15, -0.1) is 0 Å². The number of hydrogen-bond donors (Lipinski definition) is 1. The second-order valence-corrected chi connectivity index (χ2v) is 10.5. The fourth-order valence-electron chi connectivity index (χ4n) is 5.20. The average molecular weight is 571 g/mol. The molecule has 2 aromatic heterocycles. The zero-order valence-electron chi connectivity index (χ0n) is 21.9. The predicted octanol–water partition coefficient (Wildman–Crippen LogP) is 3.68. The molecule has 0 spiro atoms. The summed E-state index contributed by atoms with van der Waals surface area (Å²) in [6.07, 6.45) is 2.10. The number of pyridine rings is 1. The number of ether oxygens (including phenoxy) is 1. The molecule has 2 aliphatic rings. The maximum absolute atomic E-state index is 14.0. The van der Waals surface area contributed by atoms with E-state index in [0.29, 0.717) is 39.8 Å². The van der Waals surface area contributed by atoms with Crippen molar-refractivity contribution in [1.82, 2.24) is 29.9 Å². The minimum Gasteiger partial charge on any atom is -0.481 e. The van der Waals surface area contributed by atoms with Crippen LogP contribution in [0.1, 0.15) is 63.6 Å². The van der Waals surface area contributed by atoms with Crippen molar-refractivity contribution < 1.29 is 19.1 Å². The minimum atomic E-state index is -0.725. The molecular weight excluding hydrogens is 543 g/mol. The van der Waals surface area contributed by atoms with Crippen molar-refractivity contribution in [2.45, 2.75) is 44.9 Å². The highest BCUT2D eigenvalue weighted by atomic mass is 35.5. The summed E-state index contributed by atoms with van der Waals surface area (Å²) < 4.78 is 6.69. The molecule has 0 saturated carbocycles. The molecule has 0 radical (unpaired) electrons. The number of methoxy groups -OCH3 is 1. The molecule has 1 aromatic carbocycles. The van der Waals surface area contributed by atoms with E-state index in [-0.39, 0.29) is 47.9 Å². The number of amides is 3. The van der Waals surface area contributed by atoms with E-state index < -0.39 is 6.04 Å². The first-order valence-corrected chi connectivity index (χ1v) is 13.3. The zero-order chi connectivity index (χ0) is 28.0. The van der Waals surface area contributed by atoms with Crippen LogP contribution in [0.3, 0.4) is 0 Å². The number of aromatic nitrogens is 3. The monoisotopic (exact) mass is 570 g/mol. The summed E-state index contributed by atoms with van der Waals surface area (Å²) in [5.74, 6) is -0.284. The first kappa shape index (κ1) is 27.0. The Labute approximate surface area is 235 Å². The Balaban J connectivity index is 1.53. The van der Waals surface area contributed by atoms with Crippen LogP contribution in [-0.2, 0) is 17.8 Å². The molecule has 0 bridgehead atoms. The Kier molecular flexibility index (Phi) is 7.26. The van der Waals surface area contributed by atoms with E-state index in [1.807, 2.05) is 19.9 Å². The molecular formula is C27H28Cl2N6O4. The van der Waals surface area contributed by atoms with E-state index in [1.54, 1.807) is 47.3 Å². The van der Waals surface area contributed by atoms with Crippen molar-refractivity contribution in [2.75, 3.05) is 20.7 Å². The molecule has 39 heavy (non-hydrogen) atoms. The van der Waals surface area contributed by atoms with Crippen LogP contribution in [0.15, 0.2) is 36.5 Å². The van der Waals surface area contributed by atoms with Crippen LogP contribution < -0.4 is 10.1 Å². The lowest BCUT2D eigenvalue weighted by molar-refractivity contribution is -0.125. The van der Waals surface area contributed by atoms with Crippen molar-refractivity contribution in [3.63, 3.8) is 0 Å². The van der Waals surface area contributed by atoms with E-state index in [1.165, 1.54) is 11.8 Å². The molecule has 3 aromatic rings. The van der Waals surface area contributed by atoms with Crippen molar-refractivity contribution in [2.24, 2.45) is 0 Å². The van der Waals surface area contributed by atoms with Gasteiger partial charge in [0.25, 0.3) is 11.8 Å². The lowest BCUT2D eigenvalue weighted by atomic mass is 9.96. The van der Waals surface area contributed by atoms with Crippen LogP contribution in [-0.4, -0.2) is 69.0 Å². The molecule has 2 aliphatic heterocycles. The third-order valence-electron chi connectivity index (χ3n) is 7.46. The van der Waals surface area contributed by atoms with Gasteiger partial charge in [-0.25, -0.2) is 9.67 Å². The van der Waals surface area contributed by atoms with Crippen molar-refractivity contribution in [3.05, 3.63) is 74.7 Å². The van der Waals surface area contributed by atoms with Gasteiger partial charge in [0.1, 0.15) is 11.7 Å². The fraction of sp³-hybridized carbons (Fsp3) is 0.370. The highest BCUT2D eigenvalue weighted by Crippen LogP contribution is 2.36. The van der Waals surface area contributed by atoms with Crippen LogP contribution in [0.2, 0.25) is 10.0 Å². The van der Waals surface area contributed by atoms with Crippen LogP contribution in [0, 0.1) is 0 Å². The summed E-state index contributed by atoms with van der Waals surface area (Å²) in [4.78, 5) is 48.1. The van der Waals surface area contributed by atoms with Gasteiger partial charge >= 0.3 is 0 Å². The van der Waals surface area contributed by atoms with E-state index in [9.17, 15) is 14.4 Å². The molecule has 0 saturated heterocycles. The predicted molar refractivity (Wildman–Crippen MR) is 145 cm³/mol. The molecule has 0 fully saturated rings. The number of fused-ring (bicyclic) bond motifs is 3. The van der Waals surface area contributed by atoms with E-state index in [4.69, 9.17) is 33.0 Å². The third kappa shape index (κ3) is 4.72. The van der Waals surface area contributed by atoms with Gasteiger partial charge in [0.05, 0.1) is 42.0 Å². The van der Waals surface area contributed by atoms with E-state index in [0.717, 1.165) is 5.56 Å². The largest absolute Gasteiger partial charge is 0.481 e. The average Bonchev–Trinajstić information content (AvgIpc) is 3.31. The SMILES string of the molecule is CNC(=O)[C@@H]1CN([C@@H](C)c2ccc(OC)nc2)C(=O)c2c3c(nn21)C[C@@H](C)N(C(=O)c1ccc(Cl)c(Cl)c1)C3. The Bertz CT molecular complexity index is 1460. The lowest BCUT2D eigenvalue weighted by Crippen LogP contribution is -2.49. The Hall–Kier alpha value is -3.63. The topological polar surface area (TPSA) is 110 Å². The molecule has 5 rings (SSSR count). The standard InChI is InChI=1S/C27H28Cl2N6O4/c1-14-9-21-18(12-33(14)26(37)16-5-7-19(28)20(29)10-16)24-27(38)34(13-22(25(36)30-3)35(24)32-21)15(2)17-6-8-23(39-4)31-11-17/h5-8,10-11,14-15,22H,9,12-13H2,1-4H3,(H,30,36)/t14-,15+,22+/m1/s1. The molecule has 4 heterocycles. The fourth-order valence-corrected chi connectivity index (χ4v) is 5.50. The molecule has 204 valence electrons. The van der Waals surface area contributed by atoms with Gasteiger partial charge < -0.3 is 19.9 Å². The van der Waals surface area contributed by atoms with Gasteiger partial charge in [-0.2, -0.15) is 5.10 Å². The summed E-state index contributed by atoms with van der Waals surface area (Å²) in [5, 5.41) is 8.07. The maximum atomic E-state index is 14.0. The Morgan fingerprint density at radius 1 is 1.18 bits per heavy atom. The molecule has 0 unspecified atom stereocenters. The van der Waals surface area contributed by atoms with Crippen molar-refractivity contribution in [3.8, 4) is 5.88 Å². The number of benzene rings is 1. The molecule has 0 aliphatic carbocycles.